The maximum absolute atomic E-state index is 12.9. The number of aryl methyl sites for hydroxylation is 1. The van der Waals surface area contributed by atoms with Crippen LogP contribution in [0.25, 0.3) is 5.69 Å². The highest BCUT2D eigenvalue weighted by atomic mass is 32.1. The van der Waals surface area contributed by atoms with Crippen LogP contribution in [0.1, 0.15) is 21.7 Å². The summed E-state index contributed by atoms with van der Waals surface area (Å²) in [6.07, 6.45) is 1.62. The fraction of sp³-hybridized carbons (Fsp3) is 0.136. The zero-order valence-corrected chi connectivity index (χ0v) is 17.7. The Kier molecular flexibility index (Phi) is 5.85. The Balaban J connectivity index is 1.56. The van der Waals surface area contributed by atoms with Crippen LogP contribution in [0.3, 0.4) is 0 Å². The third-order valence-electron chi connectivity index (χ3n) is 4.64. The van der Waals surface area contributed by atoms with Gasteiger partial charge in [-0.3, -0.25) is 9.36 Å². The maximum Gasteiger partial charge on any atom is 0.330 e. The fourth-order valence-corrected chi connectivity index (χ4v) is 3.66. The second-order valence-corrected chi connectivity index (χ2v) is 7.39. The van der Waals surface area contributed by atoms with E-state index in [-0.39, 0.29) is 11.6 Å². The topological polar surface area (TPSA) is 98.2 Å². The van der Waals surface area contributed by atoms with Crippen LogP contribution in [-0.4, -0.2) is 27.6 Å². The standard InChI is InChI=1S/C22H20N4O4S/c1-14-10-23-22(28)26(14)18-6-4-3-5-17(18)25-21(27)15-7-8-19(20(9-15)29-2)30-11-16-12-31-13-24-16/h3-10,12-13H,11H2,1-2H3,(H,23,28)(H,25,27). The normalized spacial score (nSPS) is 10.6. The number of benzene rings is 2. The molecule has 0 atom stereocenters. The molecule has 4 rings (SSSR count). The van der Waals surface area contributed by atoms with Gasteiger partial charge in [-0.2, -0.15) is 0 Å². The lowest BCUT2D eigenvalue weighted by Crippen LogP contribution is -2.19. The lowest BCUT2D eigenvalue weighted by Gasteiger charge is -2.14. The number of hydrogen-bond acceptors (Lipinski definition) is 6. The molecule has 2 heterocycles. The summed E-state index contributed by atoms with van der Waals surface area (Å²) in [7, 11) is 1.52. The van der Waals surface area contributed by atoms with Crippen LogP contribution >= 0.6 is 11.3 Å². The molecule has 2 aromatic carbocycles. The summed E-state index contributed by atoms with van der Waals surface area (Å²) in [5.74, 6) is 0.619. The van der Waals surface area contributed by atoms with Crippen LogP contribution in [0.2, 0.25) is 0 Å². The number of aromatic amines is 1. The first-order chi connectivity index (χ1) is 15.1. The molecule has 0 fully saturated rings. The Morgan fingerprint density at radius 1 is 1.23 bits per heavy atom. The largest absolute Gasteiger partial charge is 0.493 e. The van der Waals surface area contributed by atoms with Gasteiger partial charge in [-0.05, 0) is 37.3 Å². The summed E-state index contributed by atoms with van der Waals surface area (Å²) in [6.45, 7) is 2.12. The Labute approximate surface area is 182 Å². The fourth-order valence-electron chi connectivity index (χ4n) is 3.11. The zero-order valence-electron chi connectivity index (χ0n) is 16.9. The van der Waals surface area contributed by atoms with E-state index in [2.05, 4.69) is 15.3 Å². The molecule has 4 aromatic rings. The lowest BCUT2D eigenvalue weighted by atomic mass is 10.1. The van der Waals surface area contributed by atoms with E-state index in [1.54, 1.807) is 54.2 Å². The summed E-state index contributed by atoms with van der Waals surface area (Å²) >= 11 is 1.50. The van der Waals surface area contributed by atoms with Gasteiger partial charge in [0.05, 0.1) is 29.7 Å². The van der Waals surface area contributed by atoms with E-state index in [4.69, 9.17) is 9.47 Å². The van der Waals surface area contributed by atoms with Crippen molar-refractivity contribution in [2.45, 2.75) is 13.5 Å². The predicted molar refractivity (Wildman–Crippen MR) is 119 cm³/mol. The van der Waals surface area contributed by atoms with Crippen molar-refractivity contribution in [3.63, 3.8) is 0 Å². The number of aromatic nitrogens is 3. The number of nitrogens with zero attached hydrogens (tertiary/aromatic N) is 2. The van der Waals surface area contributed by atoms with E-state index in [1.165, 1.54) is 23.0 Å². The molecule has 158 valence electrons. The quantitative estimate of drug-likeness (QED) is 0.460. The molecule has 1 amide bonds. The lowest BCUT2D eigenvalue weighted by molar-refractivity contribution is 0.102. The second-order valence-electron chi connectivity index (χ2n) is 6.68. The van der Waals surface area contributed by atoms with Gasteiger partial charge in [-0.15, -0.1) is 11.3 Å². The highest BCUT2D eigenvalue weighted by molar-refractivity contribution is 7.07. The molecule has 0 aliphatic rings. The molecule has 2 aromatic heterocycles. The molecule has 31 heavy (non-hydrogen) atoms. The number of carbonyl (C=O) groups excluding carboxylic acids is 1. The van der Waals surface area contributed by atoms with E-state index in [1.807, 2.05) is 12.3 Å². The second kappa shape index (κ2) is 8.88. The van der Waals surface area contributed by atoms with Gasteiger partial charge in [-0.1, -0.05) is 12.1 Å². The summed E-state index contributed by atoms with van der Waals surface area (Å²) in [6, 6.07) is 12.1. The van der Waals surface area contributed by atoms with Crippen molar-refractivity contribution in [1.29, 1.82) is 0 Å². The average molecular weight is 436 g/mol. The molecule has 9 heteroatoms. The first-order valence-electron chi connectivity index (χ1n) is 9.42. The molecule has 0 radical (unpaired) electrons. The third kappa shape index (κ3) is 4.36. The van der Waals surface area contributed by atoms with Crippen molar-refractivity contribution in [1.82, 2.24) is 14.5 Å². The number of nitrogens with one attached hydrogen (secondary N) is 2. The Bertz CT molecular complexity index is 1260. The minimum atomic E-state index is -0.335. The van der Waals surface area contributed by atoms with E-state index < -0.39 is 0 Å². The van der Waals surface area contributed by atoms with Gasteiger partial charge in [0.2, 0.25) is 0 Å². The number of amides is 1. The zero-order chi connectivity index (χ0) is 21.8. The van der Waals surface area contributed by atoms with Gasteiger partial charge in [-0.25, -0.2) is 9.78 Å². The van der Waals surface area contributed by atoms with Gasteiger partial charge in [0.1, 0.15) is 6.61 Å². The third-order valence-corrected chi connectivity index (χ3v) is 5.27. The molecule has 2 N–H and O–H groups in total. The molecule has 8 nitrogen and oxygen atoms in total. The summed E-state index contributed by atoms with van der Waals surface area (Å²) < 4.78 is 12.7. The number of rotatable bonds is 7. The van der Waals surface area contributed by atoms with Crippen LogP contribution in [-0.2, 0) is 6.61 Å². The Morgan fingerprint density at radius 2 is 2.06 bits per heavy atom. The van der Waals surface area contributed by atoms with Crippen LogP contribution in [0.4, 0.5) is 5.69 Å². The Morgan fingerprint density at radius 3 is 2.77 bits per heavy atom. The number of thiazole rings is 1. The SMILES string of the molecule is COc1cc(C(=O)Nc2ccccc2-n2c(C)c[nH]c2=O)ccc1OCc1cscn1. The van der Waals surface area contributed by atoms with Crippen molar-refractivity contribution in [3.05, 3.63) is 87.0 Å². The van der Waals surface area contributed by atoms with Gasteiger partial charge in [0.25, 0.3) is 5.91 Å². The minimum Gasteiger partial charge on any atom is -0.493 e. The number of hydrogen-bond donors (Lipinski definition) is 2. The number of methoxy groups -OCH3 is 1. The maximum atomic E-state index is 12.9. The van der Waals surface area contributed by atoms with Gasteiger partial charge >= 0.3 is 5.69 Å². The molecule has 0 saturated carbocycles. The number of H-pyrrole nitrogens is 1. The first kappa shape index (κ1) is 20.4. The average Bonchev–Trinajstić information content (AvgIpc) is 3.42. The first-order valence-corrected chi connectivity index (χ1v) is 10.4. The Hall–Kier alpha value is -3.85. The monoisotopic (exact) mass is 436 g/mol. The molecule has 0 unspecified atom stereocenters. The summed E-state index contributed by atoms with van der Waals surface area (Å²) in [4.78, 5) is 31.9. The van der Waals surface area contributed by atoms with Gasteiger partial charge in [0, 0.05) is 22.8 Å². The van der Waals surface area contributed by atoms with Crippen molar-refractivity contribution in [2.24, 2.45) is 0 Å². The van der Waals surface area contributed by atoms with Crippen LogP contribution < -0.4 is 20.5 Å². The molecule has 0 bridgehead atoms. The number of para-hydroxylation sites is 2. The van der Waals surface area contributed by atoms with Gasteiger partial charge < -0.3 is 19.8 Å². The molecular weight excluding hydrogens is 416 g/mol. The van der Waals surface area contributed by atoms with Crippen molar-refractivity contribution >= 4 is 22.9 Å². The van der Waals surface area contributed by atoms with E-state index >= 15 is 0 Å². The van der Waals surface area contributed by atoms with Crippen LogP contribution in [0.5, 0.6) is 11.5 Å². The van der Waals surface area contributed by atoms with E-state index in [0.29, 0.717) is 35.0 Å². The molecule has 0 saturated heterocycles. The molecule has 0 aliphatic heterocycles. The molecule has 0 aliphatic carbocycles. The highest BCUT2D eigenvalue weighted by Crippen LogP contribution is 2.29. The van der Waals surface area contributed by atoms with Crippen molar-refractivity contribution < 1.29 is 14.3 Å². The van der Waals surface area contributed by atoms with Crippen LogP contribution in [0.15, 0.2) is 64.3 Å². The molecule has 0 spiro atoms. The van der Waals surface area contributed by atoms with Gasteiger partial charge in [0.15, 0.2) is 11.5 Å². The number of anilines is 1. The van der Waals surface area contributed by atoms with Crippen LogP contribution in [0, 0.1) is 6.92 Å². The number of carbonyl (C=O) groups is 1. The summed E-state index contributed by atoms with van der Waals surface area (Å²) in [5, 5.41) is 4.78. The highest BCUT2D eigenvalue weighted by Gasteiger charge is 2.15. The predicted octanol–water partition coefficient (Wildman–Crippen LogP) is 3.77. The van der Waals surface area contributed by atoms with E-state index in [9.17, 15) is 9.59 Å². The summed E-state index contributed by atoms with van der Waals surface area (Å²) in [5.41, 5.74) is 4.50. The van der Waals surface area contributed by atoms with Crippen molar-refractivity contribution in [2.75, 3.05) is 12.4 Å². The smallest absolute Gasteiger partial charge is 0.330 e. The number of ether oxygens (including phenoxy) is 2. The number of imidazole rings is 1. The molecular formula is C22H20N4O4S. The minimum absolute atomic E-state index is 0.275. The van der Waals surface area contributed by atoms with E-state index in [0.717, 1.165) is 11.4 Å². The van der Waals surface area contributed by atoms with Crippen molar-refractivity contribution in [3.8, 4) is 17.2 Å².